The molecule has 0 unspecified atom stereocenters. The van der Waals surface area contributed by atoms with Crippen LogP contribution in [0, 0.1) is 13.8 Å². The lowest BCUT2D eigenvalue weighted by Gasteiger charge is -2.38. The Morgan fingerprint density at radius 2 is 1.58 bits per heavy atom. The minimum absolute atomic E-state index is 0.0679. The van der Waals surface area contributed by atoms with Crippen molar-refractivity contribution in [1.82, 2.24) is 30.0 Å². The van der Waals surface area contributed by atoms with Gasteiger partial charge in [0, 0.05) is 32.7 Å². The van der Waals surface area contributed by atoms with Gasteiger partial charge < -0.3 is 4.74 Å². The lowest BCUT2D eigenvalue weighted by Crippen LogP contribution is -2.48. The number of para-hydroxylation sites is 1. The van der Waals surface area contributed by atoms with Gasteiger partial charge in [-0.1, -0.05) is 72.8 Å². The molecule has 4 aromatic rings. The Balaban J connectivity index is 1.39. The van der Waals surface area contributed by atoms with E-state index < -0.39 is 0 Å². The van der Waals surface area contributed by atoms with Crippen LogP contribution >= 0.6 is 0 Å². The molecule has 1 aromatic heterocycles. The molecule has 0 amide bonds. The first-order valence-corrected chi connectivity index (χ1v) is 13.4. The first-order valence-electron chi connectivity index (χ1n) is 13.4. The van der Waals surface area contributed by atoms with Crippen LogP contribution in [0.1, 0.15) is 41.0 Å². The average molecular weight is 509 g/mol. The maximum absolute atomic E-state index is 5.71. The van der Waals surface area contributed by atoms with Gasteiger partial charge in [0.15, 0.2) is 5.82 Å². The summed E-state index contributed by atoms with van der Waals surface area (Å²) < 4.78 is 7.64. The molecular formula is C31H36N6O. The van der Waals surface area contributed by atoms with E-state index >= 15 is 0 Å². The van der Waals surface area contributed by atoms with Crippen molar-refractivity contribution in [3.8, 4) is 11.4 Å². The zero-order valence-corrected chi connectivity index (χ0v) is 22.5. The minimum Gasteiger partial charge on any atom is -0.494 e. The summed E-state index contributed by atoms with van der Waals surface area (Å²) in [6.07, 6.45) is 4.46. The van der Waals surface area contributed by atoms with Gasteiger partial charge in [-0.2, -0.15) is 4.68 Å². The lowest BCUT2D eigenvalue weighted by atomic mass is 10.0. The van der Waals surface area contributed by atoms with Crippen LogP contribution in [0.25, 0.3) is 11.8 Å². The van der Waals surface area contributed by atoms with Gasteiger partial charge in [0.25, 0.3) is 0 Å². The van der Waals surface area contributed by atoms with E-state index in [2.05, 4.69) is 106 Å². The predicted molar refractivity (Wildman–Crippen MR) is 152 cm³/mol. The van der Waals surface area contributed by atoms with Gasteiger partial charge in [-0.3, -0.25) is 9.80 Å². The Morgan fingerprint density at radius 1 is 0.868 bits per heavy atom. The molecule has 1 aliphatic heterocycles. The molecule has 7 nitrogen and oxygen atoms in total. The fraction of sp³-hybridized carbons (Fsp3) is 0.323. The van der Waals surface area contributed by atoms with E-state index in [1.165, 1.54) is 5.56 Å². The number of rotatable bonds is 9. The fourth-order valence-electron chi connectivity index (χ4n) is 5.21. The minimum atomic E-state index is -0.0679. The van der Waals surface area contributed by atoms with Crippen LogP contribution in [0.4, 0.5) is 0 Å². The lowest BCUT2D eigenvalue weighted by molar-refractivity contribution is 0.113. The van der Waals surface area contributed by atoms with Crippen molar-refractivity contribution in [1.29, 1.82) is 0 Å². The number of nitrogens with zero attached hydrogens (tertiary/aromatic N) is 6. The second-order valence-corrected chi connectivity index (χ2v) is 9.74. The average Bonchev–Trinajstić information content (AvgIpc) is 3.40. The number of hydrogen-bond acceptors (Lipinski definition) is 6. The summed E-state index contributed by atoms with van der Waals surface area (Å²) in [5.41, 5.74) is 5.75. The maximum Gasteiger partial charge on any atom is 0.178 e. The third-order valence-electron chi connectivity index (χ3n) is 7.14. The monoisotopic (exact) mass is 508 g/mol. The standard InChI is InChI=1S/C31H36N6O/c1-4-38-28-17-15-27(16-18-28)30(31-32-33-34-37(31)29-24(2)10-8-11-25(29)3)36-22-20-35(21-23-36)19-9-14-26-12-6-5-7-13-26/h5-18,30H,4,19-23H2,1-3H3/b14-9+/t30-/m1/s1. The van der Waals surface area contributed by atoms with Crippen LogP contribution < -0.4 is 4.74 Å². The van der Waals surface area contributed by atoms with Crippen molar-refractivity contribution in [3.63, 3.8) is 0 Å². The van der Waals surface area contributed by atoms with Crippen molar-refractivity contribution in [2.45, 2.75) is 26.8 Å². The summed E-state index contributed by atoms with van der Waals surface area (Å²) in [6.45, 7) is 11.6. The van der Waals surface area contributed by atoms with Crippen molar-refractivity contribution in [2.24, 2.45) is 0 Å². The van der Waals surface area contributed by atoms with Gasteiger partial charge in [0.2, 0.25) is 0 Å². The molecular weight excluding hydrogens is 472 g/mol. The Labute approximate surface area is 225 Å². The quantitative estimate of drug-likeness (QED) is 0.314. The first-order chi connectivity index (χ1) is 18.6. The van der Waals surface area contributed by atoms with Gasteiger partial charge in [-0.25, -0.2) is 0 Å². The van der Waals surface area contributed by atoms with Gasteiger partial charge in [0.05, 0.1) is 18.3 Å². The molecule has 1 fully saturated rings. The highest BCUT2D eigenvalue weighted by molar-refractivity contribution is 5.49. The highest BCUT2D eigenvalue weighted by Crippen LogP contribution is 2.32. The molecule has 3 aromatic carbocycles. The van der Waals surface area contributed by atoms with Crippen LogP contribution in [0.2, 0.25) is 0 Å². The van der Waals surface area contributed by atoms with E-state index in [4.69, 9.17) is 4.74 Å². The van der Waals surface area contributed by atoms with Gasteiger partial charge in [-0.05, 0) is 65.6 Å². The van der Waals surface area contributed by atoms with Crippen LogP contribution in [-0.4, -0.2) is 69.3 Å². The van der Waals surface area contributed by atoms with Crippen LogP contribution in [-0.2, 0) is 0 Å². The Bertz CT molecular complexity index is 1320. The molecule has 1 atom stereocenters. The molecule has 1 aliphatic rings. The number of ether oxygens (including phenoxy) is 1. The van der Waals surface area contributed by atoms with Crippen molar-refractivity contribution >= 4 is 6.08 Å². The van der Waals surface area contributed by atoms with E-state index in [0.717, 1.165) is 66.7 Å². The Kier molecular flexibility index (Phi) is 8.26. The topological polar surface area (TPSA) is 59.3 Å². The number of piperazine rings is 1. The SMILES string of the molecule is CCOc1ccc([C@H](c2nnnn2-c2c(C)cccc2C)N2CCN(C/C=C/c3ccccc3)CC2)cc1. The van der Waals surface area contributed by atoms with E-state index in [0.29, 0.717) is 6.61 Å². The summed E-state index contributed by atoms with van der Waals surface area (Å²) in [6, 6.07) is 25.1. The van der Waals surface area contributed by atoms with E-state index in [9.17, 15) is 0 Å². The molecule has 0 radical (unpaired) electrons. The van der Waals surface area contributed by atoms with Crippen molar-refractivity contribution in [2.75, 3.05) is 39.3 Å². The molecule has 0 saturated carbocycles. The fourth-order valence-corrected chi connectivity index (χ4v) is 5.21. The van der Waals surface area contributed by atoms with Gasteiger partial charge in [0.1, 0.15) is 5.75 Å². The molecule has 1 saturated heterocycles. The summed E-state index contributed by atoms with van der Waals surface area (Å²) in [4.78, 5) is 5.00. The Hall–Kier alpha value is -3.81. The van der Waals surface area contributed by atoms with E-state index in [1.54, 1.807) is 0 Å². The highest BCUT2D eigenvalue weighted by Gasteiger charge is 2.31. The molecule has 0 bridgehead atoms. The molecule has 38 heavy (non-hydrogen) atoms. The normalized spacial score (nSPS) is 15.7. The van der Waals surface area contributed by atoms with E-state index in [-0.39, 0.29) is 6.04 Å². The summed E-state index contributed by atoms with van der Waals surface area (Å²) in [5, 5.41) is 13.2. The summed E-state index contributed by atoms with van der Waals surface area (Å²) >= 11 is 0. The number of benzene rings is 3. The molecule has 5 rings (SSSR count). The maximum atomic E-state index is 5.71. The summed E-state index contributed by atoms with van der Waals surface area (Å²) in [7, 11) is 0. The molecule has 0 N–H and O–H groups in total. The van der Waals surface area contributed by atoms with Gasteiger partial charge in [-0.15, -0.1) is 5.10 Å². The van der Waals surface area contributed by atoms with Crippen LogP contribution in [0.5, 0.6) is 5.75 Å². The zero-order valence-electron chi connectivity index (χ0n) is 22.5. The third-order valence-corrected chi connectivity index (χ3v) is 7.14. The molecule has 7 heteroatoms. The van der Waals surface area contributed by atoms with Gasteiger partial charge >= 0.3 is 0 Å². The molecule has 2 heterocycles. The zero-order chi connectivity index (χ0) is 26.3. The van der Waals surface area contributed by atoms with Crippen LogP contribution in [0.15, 0.2) is 78.9 Å². The highest BCUT2D eigenvalue weighted by atomic mass is 16.5. The number of aryl methyl sites for hydroxylation is 2. The Morgan fingerprint density at radius 3 is 2.26 bits per heavy atom. The second-order valence-electron chi connectivity index (χ2n) is 9.74. The van der Waals surface area contributed by atoms with Crippen LogP contribution in [0.3, 0.4) is 0 Å². The molecule has 196 valence electrons. The number of tetrazole rings is 1. The second kappa shape index (κ2) is 12.2. The largest absolute Gasteiger partial charge is 0.494 e. The summed E-state index contributed by atoms with van der Waals surface area (Å²) in [5.74, 6) is 1.71. The molecule has 0 aliphatic carbocycles. The molecule has 0 spiro atoms. The van der Waals surface area contributed by atoms with E-state index in [1.807, 2.05) is 29.8 Å². The van der Waals surface area contributed by atoms with Crippen molar-refractivity contribution in [3.05, 3.63) is 107 Å². The third kappa shape index (κ3) is 5.85. The van der Waals surface area contributed by atoms with Crippen molar-refractivity contribution < 1.29 is 4.74 Å². The number of hydrogen-bond donors (Lipinski definition) is 0. The first kappa shape index (κ1) is 25.8. The predicted octanol–water partition coefficient (Wildman–Crippen LogP) is 5.10. The number of aromatic nitrogens is 4. The smallest absolute Gasteiger partial charge is 0.178 e.